The number of ether oxygens (including phenoxy) is 3. The molecule has 0 aromatic carbocycles. The molecule has 0 aromatic heterocycles. The summed E-state index contributed by atoms with van der Waals surface area (Å²) in [6.07, 6.45) is -0.180. The van der Waals surface area contributed by atoms with E-state index in [-0.39, 0.29) is 13.0 Å². The Labute approximate surface area is 70.2 Å². The summed E-state index contributed by atoms with van der Waals surface area (Å²) < 4.78 is 15.1. The van der Waals surface area contributed by atoms with Crippen molar-refractivity contribution < 1.29 is 24.1 Å². The van der Waals surface area contributed by atoms with Crippen LogP contribution in [0, 0.1) is 0 Å². The summed E-state index contributed by atoms with van der Waals surface area (Å²) in [5.41, 5.74) is 0. The molecule has 1 saturated heterocycles. The molecule has 1 heterocycles. The fourth-order valence-electron chi connectivity index (χ4n) is 1.18. The second kappa shape index (κ2) is 3.84. The van der Waals surface area contributed by atoms with Gasteiger partial charge in [-0.2, -0.15) is 0 Å². The second-order valence-corrected chi connectivity index (χ2v) is 2.61. The van der Waals surface area contributed by atoms with E-state index in [9.17, 15) is 4.79 Å². The van der Waals surface area contributed by atoms with Gasteiger partial charge in [-0.1, -0.05) is 0 Å². The summed E-state index contributed by atoms with van der Waals surface area (Å²) in [7, 11) is 1.48. The zero-order valence-electron chi connectivity index (χ0n) is 6.91. The number of hydrogen-bond acceptors (Lipinski definition) is 4. The van der Waals surface area contributed by atoms with E-state index in [1.165, 1.54) is 7.11 Å². The molecule has 0 aromatic rings. The van der Waals surface area contributed by atoms with E-state index in [1.807, 2.05) is 0 Å². The Hall–Kier alpha value is -0.650. The van der Waals surface area contributed by atoms with Gasteiger partial charge < -0.3 is 19.3 Å². The lowest BCUT2D eigenvalue weighted by atomic mass is 10.2. The van der Waals surface area contributed by atoms with Crippen molar-refractivity contribution in [2.24, 2.45) is 0 Å². The summed E-state index contributed by atoms with van der Waals surface area (Å²) in [5.74, 6) is -2.01. The third kappa shape index (κ3) is 2.17. The monoisotopic (exact) mass is 176 g/mol. The fraction of sp³-hybridized carbons (Fsp3) is 0.857. The molecule has 0 saturated carbocycles. The van der Waals surface area contributed by atoms with Gasteiger partial charge in [-0.3, -0.25) is 4.79 Å². The van der Waals surface area contributed by atoms with Gasteiger partial charge in [0.1, 0.15) is 13.0 Å². The molecule has 0 amide bonds. The predicted molar refractivity (Wildman–Crippen MR) is 38.8 cm³/mol. The predicted octanol–water partition coefficient (Wildman–Crippen LogP) is -0.149. The number of carbonyl (C=O) groups is 1. The van der Waals surface area contributed by atoms with Crippen LogP contribution in [-0.4, -0.2) is 43.8 Å². The largest absolute Gasteiger partial charge is 0.481 e. The minimum Gasteiger partial charge on any atom is -0.481 e. The molecule has 0 spiro atoms. The van der Waals surface area contributed by atoms with E-state index in [2.05, 4.69) is 0 Å². The maximum absolute atomic E-state index is 10.4. The average Bonchev–Trinajstić information content (AvgIpc) is 2.36. The van der Waals surface area contributed by atoms with Gasteiger partial charge in [0.15, 0.2) is 0 Å². The van der Waals surface area contributed by atoms with Crippen molar-refractivity contribution in [2.45, 2.75) is 12.2 Å². The lowest BCUT2D eigenvalue weighted by Gasteiger charge is -2.24. The fourth-order valence-corrected chi connectivity index (χ4v) is 1.18. The van der Waals surface area contributed by atoms with Crippen LogP contribution in [0.4, 0.5) is 0 Å². The smallest absolute Gasteiger partial charge is 0.308 e. The highest BCUT2D eigenvalue weighted by molar-refractivity contribution is 5.67. The summed E-state index contributed by atoms with van der Waals surface area (Å²) in [6, 6.07) is 0. The number of hydrogen-bond donors (Lipinski definition) is 1. The van der Waals surface area contributed by atoms with Crippen LogP contribution in [0.15, 0.2) is 0 Å². The molecule has 1 aliphatic rings. The lowest BCUT2D eigenvalue weighted by molar-refractivity contribution is -0.199. The Morgan fingerprint density at radius 3 is 2.58 bits per heavy atom. The molecule has 0 bridgehead atoms. The Morgan fingerprint density at radius 2 is 2.17 bits per heavy atom. The topological polar surface area (TPSA) is 65.0 Å². The third-order valence-corrected chi connectivity index (χ3v) is 1.60. The van der Waals surface area contributed by atoms with Crippen molar-refractivity contribution in [1.29, 1.82) is 0 Å². The minimum atomic E-state index is -1.05. The van der Waals surface area contributed by atoms with Gasteiger partial charge in [-0.05, 0) is 0 Å². The van der Waals surface area contributed by atoms with Crippen molar-refractivity contribution in [3.63, 3.8) is 0 Å². The Balaban J connectivity index is 2.52. The maximum atomic E-state index is 10.4. The van der Waals surface area contributed by atoms with E-state index in [0.29, 0.717) is 13.2 Å². The number of aliphatic carboxylic acids is 1. The molecule has 0 radical (unpaired) electrons. The van der Waals surface area contributed by atoms with Gasteiger partial charge in [0.25, 0.3) is 0 Å². The van der Waals surface area contributed by atoms with Crippen LogP contribution in [0.25, 0.3) is 0 Å². The molecule has 70 valence electrons. The van der Waals surface area contributed by atoms with Gasteiger partial charge in [0.2, 0.25) is 5.79 Å². The quantitative estimate of drug-likeness (QED) is 0.645. The standard InChI is InChI=1S/C7H12O5/c1-10-5-7(4-6(8)9)11-2-3-12-7/h2-5H2,1H3,(H,8,9). The summed E-state index contributed by atoms with van der Waals surface area (Å²) >= 11 is 0. The van der Waals surface area contributed by atoms with E-state index in [4.69, 9.17) is 19.3 Å². The Bertz CT molecular complexity index is 161. The normalized spacial score (nSPS) is 21.1. The van der Waals surface area contributed by atoms with Crippen molar-refractivity contribution >= 4 is 5.97 Å². The van der Waals surface area contributed by atoms with Gasteiger partial charge >= 0.3 is 5.97 Å². The second-order valence-electron chi connectivity index (χ2n) is 2.61. The first-order valence-electron chi connectivity index (χ1n) is 3.67. The SMILES string of the molecule is COCC1(CC(=O)O)OCCO1. The molecule has 5 nitrogen and oxygen atoms in total. The molecule has 1 N–H and O–H groups in total. The lowest BCUT2D eigenvalue weighted by Crippen LogP contribution is -2.37. The molecule has 0 aliphatic carbocycles. The van der Waals surface area contributed by atoms with Gasteiger partial charge in [-0.15, -0.1) is 0 Å². The Kier molecular flexibility index (Phi) is 3.02. The van der Waals surface area contributed by atoms with Gasteiger partial charge in [0.05, 0.1) is 13.2 Å². The molecule has 1 fully saturated rings. The highest BCUT2D eigenvalue weighted by atomic mass is 16.8. The average molecular weight is 176 g/mol. The zero-order chi connectivity index (χ0) is 9.03. The van der Waals surface area contributed by atoms with Gasteiger partial charge in [-0.25, -0.2) is 0 Å². The van der Waals surface area contributed by atoms with Gasteiger partial charge in [0, 0.05) is 7.11 Å². The van der Waals surface area contributed by atoms with Crippen LogP contribution < -0.4 is 0 Å². The molecule has 0 atom stereocenters. The number of rotatable bonds is 4. The molecule has 12 heavy (non-hydrogen) atoms. The highest BCUT2D eigenvalue weighted by Gasteiger charge is 2.39. The van der Waals surface area contributed by atoms with Crippen molar-refractivity contribution in [3.05, 3.63) is 0 Å². The number of carboxylic acids is 1. The van der Waals surface area contributed by atoms with Crippen LogP contribution in [0.3, 0.4) is 0 Å². The summed E-state index contributed by atoms with van der Waals surface area (Å²) in [4.78, 5) is 10.4. The van der Waals surface area contributed by atoms with Crippen LogP contribution in [-0.2, 0) is 19.0 Å². The van der Waals surface area contributed by atoms with Crippen LogP contribution in [0.2, 0.25) is 0 Å². The highest BCUT2D eigenvalue weighted by Crippen LogP contribution is 2.23. The minimum absolute atomic E-state index is 0.152. The number of methoxy groups -OCH3 is 1. The maximum Gasteiger partial charge on any atom is 0.308 e. The van der Waals surface area contributed by atoms with Crippen LogP contribution in [0.5, 0.6) is 0 Å². The summed E-state index contributed by atoms with van der Waals surface area (Å²) in [5, 5.41) is 8.55. The molecule has 1 aliphatic heterocycles. The van der Waals surface area contributed by atoms with E-state index in [1.54, 1.807) is 0 Å². The van der Waals surface area contributed by atoms with Crippen LogP contribution >= 0.6 is 0 Å². The van der Waals surface area contributed by atoms with E-state index < -0.39 is 11.8 Å². The number of carboxylic acid groups (broad SMARTS) is 1. The molecule has 5 heteroatoms. The van der Waals surface area contributed by atoms with Crippen molar-refractivity contribution in [2.75, 3.05) is 26.9 Å². The third-order valence-electron chi connectivity index (χ3n) is 1.60. The van der Waals surface area contributed by atoms with E-state index >= 15 is 0 Å². The van der Waals surface area contributed by atoms with Crippen LogP contribution in [0.1, 0.15) is 6.42 Å². The zero-order valence-corrected chi connectivity index (χ0v) is 6.91. The molecule has 0 unspecified atom stereocenters. The van der Waals surface area contributed by atoms with Crippen molar-refractivity contribution in [3.8, 4) is 0 Å². The first kappa shape index (κ1) is 9.44. The molecular weight excluding hydrogens is 164 g/mol. The molecule has 1 rings (SSSR count). The Morgan fingerprint density at radius 1 is 1.58 bits per heavy atom. The van der Waals surface area contributed by atoms with E-state index in [0.717, 1.165) is 0 Å². The molecular formula is C7H12O5. The first-order chi connectivity index (χ1) is 5.68. The van der Waals surface area contributed by atoms with Crippen molar-refractivity contribution in [1.82, 2.24) is 0 Å². The summed E-state index contributed by atoms with van der Waals surface area (Å²) in [6.45, 7) is 1.01. The first-order valence-corrected chi connectivity index (χ1v) is 3.67.